The minimum Gasteiger partial charge on any atom is -0.0622 e. The van der Waals surface area contributed by atoms with Gasteiger partial charge in [-0.1, -0.05) is 404 Å². The first-order chi connectivity index (χ1) is 40.6. The molecule has 0 aromatic heterocycles. The second kappa shape index (κ2) is 29.5. The number of benzene rings is 6. The van der Waals surface area contributed by atoms with Crippen molar-refractivity contribution in [3.05, 3.63) is 200 Å². The highest BCUT2D eigenvalue weighted by Gasteiger charge is 2.35. The van der Waals surface area contributed by atoms with E-state index in [0.29, 0.717) is 5.41 Å². The SMILES string of the molecule is CC(C)(C)Cc1ccc(C(C)(C)C)cc1.CC(C)(C)c1cc(C(C)(C)C)c(C(C)(C)C)c(C(C)(C)C)c1.CC(C)(C)c1ccc(C(C)(C)C)c(C(C)(C)C)c1.CC(C)(C)c1cccc(-c2ccccc2)c1C(C)(C)C.[2H]C(C)(c1ccc(C(C)(C)C)cc1)C(C)(C)C. The van der Waals surface area contributed by atoms with Crippen molar-refractivity contribution in [2.75, 3.05) is 0 Å². The molecule has 6 aromatic carbocycles. The molecule has 0 amide bonds. The van der Waals surface area contributed by atoms with E-state index in [1.807, 2.05) is 6.92 Å². The Morgan fingerprint density at radius 3 is 0.934 bits per heavy atom. The van der Waals surface area contributed by atoms with Crippen molar-refractivity contribution in [3.8, 4) is 11.1 Å². The van der Waals surface area contributed by atoms with Gasteiger partial charge in [0.25, 0.3) is 0 Å². The summed E-state index contributed by atoms with van der Waals surface area (Å²) in [6.07, 6.45) is 1.15. The maximum absolute atomic E-state index is 8.55. The molecule has 0 heteroatoms. The molecule has 0 bridgehead atoms. The van der Waals surface area contributed by atoms with E-state index < -0.39 is 5.89 Å². The van der Waals surface area contributed by atoms with Crippen molar-refractivity contribution in [2.45, 2.75) is 349 Å². The molecule has 1 unspecified atom stereocenters. The molecule has 0 aliphatic heterocycles. The third-order valence-corrected chi connectivity index (χ3v) is 17.4. The van der Waals surface area contributed by atoms with Crippen LogP contribution in [-0.4, -0.2) is 0 Å². The molecule has 508 valence electrons. The van der Waals surface area contributed by atoms with E-state index in [9.17, 15) is 0 Å². The van der Waals surface area contributed by atoms with Crippen LogP contribution in [0.15, 0.2) is 127 Å². The molecule has 0 saturated carbocycles. The molecule has 1 atom stereocenters. The number of hydrogen-bond donors (Lipinski definition) is 0. The van der Waals surface area contributed by atoms with Gasteiger partial charge in [-0.05, 0) is 166 Å². The highest BCUT2D eigenvalue weighted by atomic mass is 14.4. The van der Waals surface area contributed by atoms with Gasteiger partial charge in [0.05, 0.1) is 0 Å². The lowest BCUT2D eigenvalue weighted by molar-refractivity contribution is 0.339. The number of hydrogen-bond acceptors (Lipinski definition) is 0. The van der Waals surface area contributed by atoms with Crippen molar-refractivity contribution in [2.24, 2.45) is 10.8 Å². The van der Waals surface area contributed by atoms with Crippen LogP contribution < -0.4 is 0 Å². The van der Waals surface area contributed by atoms with Gasteiger partial charge in [0.2, 0.25) is 0 Å². The van der Waals surface area contributed by atoms with Crippen LogP contribution in [0.2, 0.25) is 0 Å². The van der Waals surface area contributed by atoms with Crippen molar-refractivity contribution in [1.29, 1.82) is 0 Å². The summed E-state index contributed by atoms with van der Waals surface area (Å²) in [5.41, 5.74) is 23.6. The van der Waals surface area contributed by atoms with E-state index in [4.69, 9.17) is 1.37 Å². The van der Waals surface area contributed by atoms with E-state index in [-0.39, 0.29) is 65.0 Å². The summed E-state index contributed by atoms with van der Waals surface area (Å²) >= 11 is 0. The van der Waals surface area contributed by atoms with Gasteiger partial charge in [-0.25, -0.2) is 0 Å². The van der Waals surface area contributed by atoms with E-state index >= 15 is 0 Å². The predicted octanol–water partition coefficient (Wildman–Crippen LogP) is 28.1. The molecule has 0 saturated heterocycles. The maximum Gasteiger partial charge on any atom is 0.0355 e. The van der Waals surface area contributed by atoms with Gasteiger partial charge in [-0.2, -0.15) is 0 Å². The molecular weight excluding hydrogens is 1090 g/mol. The minimum atomic E-state index is -0.552. The van der Waals surface area contributed by atoms with Crippen LogP contribution in [0, 0.1) is 10.8 Å². The summed E-state index contributed by atoms with van der Waals surface area (Å²) in [6, 6.07) is 47.1. The summed E-state index contributed by atoms with van der Waals surface area (Å²) in [6.45, 7) is 91.2. The molecule has 0 aliphatic rings. The predicted molar refractivity (Wildman–Crippen MR) is 414 cm³/mol. The van der Waals surface area contributed by atoms with Gasteiger partial charge in [-0.15, -0.1) is 0 Å². The van der Waals surface area contributed by atoms with Crippen LogP contribution >= 0.6 is 0 Å². The van der Waals surface area contributed by atoms with Gasteiger partial charge in [0.1, 0.15) is 0 Å². The quantitative estimate of drug-likeness (QED) is 0.166. The lowest BCUT2D eigenvalue weighted by Gasteiger charge is -2.38. The standard InChI is InChI=1S/C22H38.C20H26.C18H30.C16H26.C15H24/c1-19(2,3)15-13-16(20(4,5)6)18(22(10,11)12)17(14-15)21(7,8)9;1-19(2,3)17-14-10-13-16(18(17)20(4,5)6)15-11-8-7-9-12-15;1-16(2,3)13-10-11-14(17(4,5)6)15(12-13)18(7,8)9;1-12(15(2,3)4)13-8-10-14(11-9-13)16(5,6)7;1-14(2,3)11-12-7-9-13(10-8-12)15(4,5)6/h13-14H,1-12H3;7-14H,1-6H3;10-12H,1-9H3;8-12H,1-7H3;7-10H,11H2,1-6H3/i;;;12D;. The monoisotopic (exact) mass is 1240 g/mol. The zero-order valence-corrected chi connectivity index (χ0v) is 67.3. The Bertz CT molecular complexity index is 3200. The van der Waals surface area contributed by atoms with Gasteiger partial charge in [0, 0.05) is 1.37 Å². The fraction of sp³-hybridized carbons (Fsp3) is 0.604. The molecule has 0 heterocycles. The van der Waals surface area contributed by atoms with E-state index in [1.54, 1.807) is 5.56 Å². The largest absolute Gasteiger partial charge is 0.0622 e. The van der Waals surface area contributed by atoms with E-state index in [2.05, 4.69) is 397 Å². The molecule has 0 radical (unpaired) electrons. The zero-order chi connectivity index (χ0) is 72.2. The highest BCUT2D eigenvalue weighted by Crippen LogP contribution is 2.45. The van der Waals surface area contributed by atoms with Crippen molar-refractivity contribution >= 4 is 0 Å². The van der Waals surface area contributed by atoms with Crippen LogP contribution in [-0.2, 0) is 66.0 Å². The van der Waals surface area contributed by atoms with Crippen molar-refractivity contribution < 1.29 is 1.37 Å². The molecule has 6 aromatic rings. The first kappa shape index (κ1) is 80.6. The van der Waals surface area contributed by atoms with E-state index in [0.717, 1.165) is 12.0 Å². The average molecular weight is 1240 g/mol. The topological polar surface area (TPSA) is 0 Å². The first-order valence-electron chi connectivity index (χ1n) is 35.4. The van der Waals surface area contributed by atoms with Gasteiger partial charge in [-0.3, -0.25) is 0 Å². The normalized spacial score (nSPS) is 14.2. The Balaban J connectivity index is 0.000000394. The Labute approximate surface area is 568 Å². The summed E-state index contributed by atoms with van der Waals surface area (Å²) in [4.78, 5) is 0. The van der Waals surface area contributed by atoms with Crippen LogP contribution in [0.1, 0.15) is 357 Å². The fourth-order valence-corrected chi connectivity index (χ4v) is 11.6. The Hall–Kier alpha value is -4.68. The minimum absolute atomic E-state index is 0.0593. The lowest BCUT2D eigenvalue weighted by atomic mass is 9.66. The highest BCUT2D eigenvalue weighted by molar-refractivity contribution is 5.71. The molecule has 0 aliphatic carbocycles. The Kier molecular flexibility index (Phi) is 26.1. The molecular formula is C91H144. The molecule has 6 rings (SSSR count). The Morgan fingerprint density at radius 1 is 0.275 bits per heavy atom. The molecule has 91 heavy (non-hydrogen) atoms. The van der Waals surface area contributed by atoms with Crippen LogP contribution in [0.5, 0.6) is 0 Å². The molecule has 0 spiro atoms. The fourth-order valence-electron chi connectivity index (χ4n) is 11.6. The summed E-state index contributed by atoms with van der Waals surface area (Å²) in [5.74, 6) is -0.552. The second-order valence-electron chi connectivity index (χ2n) is 40.4. The van der Waals surface area contributed by atoms with E-state index in [1.165, 1.54) is 72.3 Å². The van der Waals surface area contributed by atoms with Crippen molar-refractivity contribution in [1.82, 2.24) is 0 Å². The zero-order valence-electron chi connectivity index (χ0n) is 68.3. The van der Waals surface area contributed by atoms with Gasteiger partial charge < -0.3 is 0 Å². The van der Waals surface area contributed by atoms with Crippen molar-refractivity contribution in [3.63, 3.8) is 0 Å². The molecule has 0 fully saturated rings. The van der Waals surface area contributed by atoms with Gasteiger partial charge in [0.15, 0.2) is 0 Å². The molecule has 0 nitrogen and oxygen atoms in total. The first-order valence-corrected chi connectivity index (χ1v) is 34.9. The van der Waals surface area contributed by atoms with Crippen LogP contribution in [0.4, 0.5) is 0 Å². The lowest BCUT2D eigenvalue weighted by Crippen LogP contribution is -2.29. The smallest absolute Gasteiger partial charge is 0.0355 e. The summed E-state index contributed by atoms with van der Waals surface area (Å²) in [7, 11) is 0. The summed E-state index contributed by atoms with van der Waals surface area (Å²) < 4.78 is 8.55. The number of rotatable bonds is 3. The van der Waals surface area contributed by atoms with Crippen LogP contribution in [0.3, 0.4) is 0 Å². The maximum atomic E-state index is 8.55. The average Bonchev–Trinajstić information content (AvgIpc) is 0.763. The summed E-state index contributed by atoms with van der Waals surface area (Å²) in [5, 5.41) is 0. The Morgan fingerprint density at radius 2 is 0.615 bits per heavy atom. The van der Waals surface area contributed by atoms with Gasteiger partial charge >= 0.3 is 0 Å². The van der Waals surface area contributed by atoms with Crippen LogP contribution in [0.25, 0.3) is 11.1 Å². The third kappa shape index (κ3) is 25.9. The third-order valence-electron chi connectivity index (χ3n) is 17.4. The molecule has 0 N–H and O–H groups in total. The second-order valence-corrected chi connectivity index (χ2v) is 40.4.